The van der Waals surface area contributed by atoms with Crippen molar-refractivity contribution in [3.63, 3.8) is 0 Å². The van der Waals surface area contributed by atoms with Gasteiger partial charge in [0.15, 0.2) is 5.82 Å². The lowest BCUT2D eigenvalue weighted by Gasteiger charge is -2.08. The smallest absolute Gasteiger partial charge is 0.161 e. The van der Waals surface area contributed by atoms with Gasteiger partial charge < -0.3 is 5.32 Å². The summed E-state index contributed by atoms with van der Waals surface area (Å²) in [6.07, 6.45) is 1.59. The molecule has 6 heteroatoms. The van der Waals surface area contributed by atoms with Crippen LogP contribution < -0.4 is 5.32 Å². The normalized spacial score (nSPS) is 11.9. The Bertz CT molecular complexity index is 459. The molecule has 3 nitrogen and oxygen atoms in total. The largest absolute Gasteiger partial charge is 0.382 e. The summed E-state index contributed by atoms with van der Waals surface area (Å²) in [4.78, 5) is 0. The van der Waals surface area contributed by atoms with E-state index in [0.29, 0.717) is 18.0 Å². The van der Waals surface area contributed by atoms with Crippen molar-refractivity contribution in [1.82, 2.24) is 0 Å². The Hall–Kier alpha value is -0.930. The minimum atomic E-state index is -0.906. The molecule has 0 aliphatic rings. The van der Waals surface area contributed by atoms with E-state index in [4.69, 9.17) is 5.26 Å². The molecule has 0 aliphatic carbocycles. The molecular formula is C10H10BrFN2OS. The maximum atomic E-state index is 13.6. The van der Waals surface area contributed by atoms with Crippen molar-refractivity contribution in [1.29, 1.82) is 5.26 Å². The van der Waals surface area contributed by atoms with E-state index in [1.54, 1.807) is 6.26 Å². The molecule has 0 saturated carbocycles. The first-order valence-electron chi connectivity index (χ1n) is 4.48. The fourth-order valence-electron chi connectivity index (χ4n) is 1.10. The molecule has 0 aliphatic heterocycles. The highest BCUT2D eigenvalue weighted by Crippen LogP contribution is 2.26. The lowest BCUT2D eigenvalue weighted by Crippen LogP contribution is -2.11. The maximum absolute atomic E-state index is 13.6. The molecule has 1 N–H and O–H groups in total. The number of anilines is 1. The average Bonchev–Trinajstić information content (AvgIpc) is 2.24. The van der Waals surface area contributed by atoms with Crippen molar-refractivity contribution in [2.45, 2.75) is 0 Å². The second-order valence-electron chi connectivity index (χ2n) is 3.10. The molecule has 1 atom stereocenters. The van der Waals surface area contributed by atoms with Gasteiger partial charge in [0.2, 0.25) is 0 Å². The zero-order valence-electron chi connectivity index (χ0n) is 8.59. The van der Waals surface area contributed by atoms with Gasteiger partial charge in [-0.15, -0.1) is 0 Å². The van der Waals surface area contributed by atoms with Gasteiger partial charge in [-0.1, -0.05) is 0 Å². The first-order chi connectivity index (χ1) is 7.56. The fraction of sp³-hybridized carbons (Fsp3) is 0.300. The van der Waals surface area contributed by atoms with E-state index in [2.05, 4.69) is 21.2 Å². The highest BCUT2D eigenvalue weighted by molar-refractivity contribution is 9.10. The van der Waals surface area contributed by atoms with E-state index < -0.39 is 16.6 Å². The quantitative estimate of drug-likeness (QED) is 0.928. The molecule has 1 aromatic carbocycles. The lowest BCUT2D eigenvalue weighted by atomic mass is 10.2. The van der Waals surface area contributed by atoms with Gasteiger partial charge in [0, 0.05) is 29.4 Å². The minimum absolute atomic E-state index is 0.151. The van der Waals surface area contributed by atoms with Crippen LogP contribution in [0.5, 0.6) is 0 Å². The number of nitrogens with one attached hydrogen (secondary N) is 1. The van der Waals surface area contributed by atoms with Gasteiger partial charge >= 0.3 is 0 Å². The molecule has 0 amide bonds. The Morgan fingerprint density at radius 1 is 1.62 bits per heavy atom. The zero-order valence-corrected chi connectivity index (χ0v) is 11.0. The number of hydrogen-bond acceptors (Lipinski definition) is 3. The summed E-state index contributed by atoms with van der Waals surface area (Å²) in [6, 6.07) is 4.90. The summed E-state index contributed by atoms with van der Waals surface area (Å²) >= 11 is 3.01. The molecule has 0 aromatic heterocycles. The van der Waals surface area contributed by atoms with Gasteiger partial charge in [-0.2, -0.15) is 5.26 Å². The fourth-order valence-corrected chi connectivity index (χ4v) is 1.93. The van der Waals surface area contributed by atoms with Crippen LogP contribution in [0.3, 0.4) is 0 Å². The van der Waals surface area contributed by atoms with E-state index in [9.17, 15) is 8.60 Å². The van der Waals surface area contributed by atoms with Crippen molar-refractivity contribution >= 4 is 32.4 Å². The zero-order chi connectivity index (χ0) is 12.1. The van der Waals surface area contributed by atoms with Crippen LogP contribution in [0.4, 0.5) is 10.1 Å². The molecule has 0 fully saturated rings. The first-order valence-corrected chi connectivity index (χ1v) is 7.00. The van der Waals surface area contributed by atoms with Gasteiger partial charge in [-0.25, -0.2) is 4.39 Å². The molecule has 0 radical (unpaired) electrons. The number of nitriles is 1. The van der Waals surface area contributed by atoms with Crippen LogP contribution in [-0.2, 0) is 10.8 Å². The summed E-state index contributed by atoms with van der Waals surface area (Å²) in [5.41, 5.74) is 0.554. The van der Waals surface area contributed by atoms with Crippen LogP contribution in [0, 0.1) is 17.1 Å². The average molecular weight is 305 g/mol. The Morgan fingerprint density at radius 3 is 2.88 bits per heavy atom. The minimum Gasteiger partial charge on any atom is -0.382 e. The number of rotatable bonds is 4. The third-order valence-corrected chi connectivity index (χ3v) is 3.46. The monoisotopic (exact) mass is 304 g/mol. The molecule has 86 valence electrons. The topological polar surface area (TPSA) is 52.9 Å². The number of halogens is 2. The van der Waals surface area contributed by atoms with Crippen LogP contribution in [0.1, 0.15) is 5.56 Å². The van der Waals surface area contributed by atoms with Crippen LogP contribution in [0.2, 0.25) is 0 Å². The van der Waals surface area contributed by atoms with Gasteiger partial charge in [-0.3, -0.25) is 4.21 Å². The van der Waals surface area contributed by atoms with E-state index in [1.807, 2.05) is 6.07 Å². The van der Waals surface area contributed by atoms with Crippen LogP contribution in [-0.4, -0.2) is 22.8 Å². The second kappa shape index (κ2) is 5.97. The summed E-state index contributed by atoms with van der Waals surface area (Å²) in [5, 5.41) is 11.5. The van der Waals surface area contributed by atoms with Crippen molar-refractivity contribution in [3.05, 3.63) is 28.0 Å². The number of benzene rings is 1. The summed E-state index contributed by atoms with van der Waals surface area (Å²) in [7, 11) is -0.906. The lowest BCUT2D eigenvalue weighted by molar-refractivity contribution is 0.623. The Kier molecular flexibility index (Phi) is 4.90. The SMILES string of the molecule is CS(=O)CCNc1ccc(C#N)c(Br)c1F. The van der Waals surface area contributed by atoms with Crippen molar-refractivity contribution in [2.75, 3.05) is 23.9 Å². The van der Waals surface area contributed by atoms with Gasteiger partial charge in [-0.05, 0) is 28.1 Å². The third-order valence-electron chi connectivity index (χ3n) is 1.91. The highest BCUT2D eigenvalue weighted by atomic mass is 79.9. The molecule has 0 spiro atoms. The van der Waals surface area contributed by atoms with Crippen molar-refractivity contribution < 1.29 is 8.60 Å². The third kappa shape index (κ3) is 3.29. The van der Waals surface area contributed by atoms with E-state index >= 15 is 0 Å². The van der Waals surface area contributed by atoms with Crippen LogP contribution in [0.15, 0.2) is 16.6 Å². The van der Waals surface area contributed by atoms with E-state index in [-0.39, 0.29) is 10.0 Å². The van der Waals surface area contributed by atoms with E-state index in [1.165, 1.54) is 12.1 Å². The predicted molar refractivity (Wildman–Crippen MR) is 66.2 cm³/mol. The van der Waals surface area contributed by atoms with Crippen molar-refractivity contribution in [3.8, 4) is 6.07 Å². The van der Waals surface area contributed by atoms with E-state index in [0.717, 1.165) is 0 Å². The van der Waals surface area contributed by atoms with Gasteiger partial charge in [0.1, 0.15) is 6.07 Å². The van der Waals surface area contributed by atoms with Gasteiger partial charge in [0.25, 0.3) is 0 Å². The second-order valence-corrected chi connectivity index (χ2v) is 5.45. The Morgan fingerprint density at radius 2 is 2.31 bits per heavy atom. The Labute approximate surface area is 104 Å². The van der Waals surface area contributed by atoms with Crippen molar-refractivity contribution in [2.24, 2.45) is 0 Å². The predicted octanol–water partition coefficient (Wildman–Crippen LogP) is 2.25. The highest BCUT2D eigenvalue weighted by Gasteiger charge is 2.10. The molecule has 16 heavy (non-hydrogen) atoms. The maximum Gasteiger partial charge on any atom is 0.161 e. The molecule has 0 bridgehead atoms. The van der Waals surface area contributed by atoms with Crippen LogP contribution in [0.25, 0.3) is 0 Å². The summed E-state index contributed by atoms with van der Waals surface area (Å²) in [6.45, 7) is 0.429. The number of nitrogens with zero attached hydrogens (tertiary/aromatic N) is 1. The first kappa shape index (κ1) is 13.1. The summed E-state index contributed by atoms with van der Waals surface area (Å²) < 4.78 is 24.6. The molecule has 0 heterocycles. The molecule has 1 unspecified atom stereocenters. The standard InChI is InChI=1S/C10H10BrFN2OS/c1-16(15)5-4-14-8-3-2-7(6-13)9(11)10(8)12/h2-3,14H,4-5H2,1H3. The molecule has 0 saturated heterocycles. The molecule has 1 rings (SSSR count). The Balaban J connectivity index is 2.79. The van der Waals surface area contributed by atoms with Gasteiger partial charge in [0.05, 0.1) is 15.7 Å². The summed E-state index contributed by atoms with van der Waals surface area (Å²) in [5.74, 6) is -0.0437. The number of hydrogen-bond donors (Lipinski definition) is 1. The van der Waals surface area contributed by atoms with Crippen LogP contribution >= 0.6 is 15.9 Å². The molecular weight excluding hydrogens is 295 g/mol. The molecule has 1 aromatic rings.